The molecular formula is C33H36N6O. The lowest BCUT2D eigenvalue weighted by Crippen LogP contribution is -2.49. The molecule has 3 aromatic rings. The van der Waals surface area contributed by atoms with Gasteiger partial charge < -0.3 is 20.0 Å². The van der Waals surface area contributed by atoms with E-state index in [1.165, 1.54) is 0 Å². The van der Waals surface area contributed by atoms with Crippen LogP contribution in [-0.2, 0) is 0 Å². The number of nitrogens with one attached hydrogen (secondary N) is 1. The average molecular weight is 533 g/mol. The predicted molar refractivity (Wildman–Crippen MR) is 160 cm³/mol. The molecule has 1 N–H and O–H groups in total. The van der Waals surface area contributed by atoms with E-state index in [0.29, 0.717) is 37.8 Å². The van der Waals surface area contributed by atoms with Crippen LogP contribution >= 0.6 is 0 Å². The minimum absolute atomic E-state index is 0.0638. The fourth-order valence-electron chi connectivity index (χ4n) is 5.95. The second-order valence-corrected chi connectivity index (χ2v) is 10.8. The third-order valence-corrected chi connectivity index (χ3v) is 8.19. The number of piperazine rings is 1. The summed E-state index contributed by atoms with van der Waals surface area (Å²) in [7, 11) is 0. The van der Waals surface area contributed by atoms with Gasteiger partial charge in [-0.15, -0.1) is 0 Å². The topological polar surface area (TPSA) is 86.4 Å². The Morgan fingerprint density at radius 2 is 1.38 bits per heavy atom. The van der Waals surface area contributed by atoms with Crippen molar-refractivity contribution in [3.8, 4) is 12.1 Å². The number of amides is 1. The summed E-state index contributed by atoms with van der Waals surface area (Å²) >= 11 is 0. The highest BCUT2D eigenvalue weighted by atomic mass is 16.2. The average Bonchev–Trinajstić information content (AvgIpc) is 3.23. The summed E-state index contributed by atoms with van der Waals surface area (Å²) < 4.78 is 0. The molecule has 7 nitrogen and oxygen atoms in total. The number of carbonyl (C=O) groups is 1. The van der Waals surface area contributed by atoms with Crippen molar-refractivity contribution in [1.82, 2.24) is 4.90 Å². The maximum absolute atomic E-state index is 13.7. The molecule has 0 aliphatic carbocycles. The van der Waals surface area contributed by atoms with E-state index in [9.17, 15) is 15.3 Å². The number of rotatable bonds is 5. The fourth-order valence-corrected chi connectivity index (χ4v) is 5.95. The number of benzene rings is 3. The van der Waals surface area contributed by atoms with Gasteiger partial charge in [-0.25, -0.2) is 0 Å². The quantitative estimate of drug-likeness (QED) is 0.468. The van der Waals surface area contributed by atoms with E-state index in [4.69, 9.17) is 0 Å². The first-order valence-electron chi connectivity index (χ1n) is 14.1. The molecule has 2 fully saturated rings. The summed E-state index contributed by atoms with van der Waals surface area (Å²) in [6.07, 6.45) is 3.03. The lowest BCUT2D eigenvalue weighted by molar-refractivity contribution is 0.0746. The van der Waals surface area contributed by atoms with Gasteiger partial charge in [-0.1, -0.05) is 30.3 Å². The maximum Gasteiger partial charge on any atom is 0.254 e. The third-order valence-electron chi connectivity index (χ3n) is 8.19. The molecule has 1 unspecified atom stereocenters. The van der Waals surface area contributed by atoms with Crippen LogP contribution in [0.25, 0.3) is 0 Å². The van der Waals surface area contributed by atoms with Gasteiger partial charge in [0.2, 0.25) is 0 Å². The molecule has 0 radical (unpaired) electrons. The van der Waals surface area contributed by atoms with Gasteiger partial charge in [0.05, 0.1) is 22.5 Å². The number of para-hydroxylation sites is 2. The Balaban J connectivity index is 1.25. The molecule has 0 spiro atoms. The van der Waals surface area contributed by atoms with Crippen LogP contribution in [0.1, 0.15) is 51.9 Å². The van der Waals surface area contributed by atoms with Gasteiger partial charge >= 0.3 is 0 Å². The fraction of sp³-hybridized carbons (Fsp3) is 0.364. The Kier molecular flexibility index (Phi) is 8.22. The lowest BCUT2D eigenvalue weighted by atomic mass is 10.0. The van der Waals surface area contributed by atoms with Crippen molar-refractivity contribution in [2.24, 2.45) is 0 Å². The summed E-state index contributed by atoms with van der Waals surface area (Å²) in [5.41, 5.74) is 7.25. The molecule has 2 aliphatic heterocycles. The van der Waals surface area contributed by atoms with Crippen LogP contribution < -0.4 is 15.1 Å². The van der Waals surface area contributed by atoms with Crippen molar-refractivity contribution in [1.29, 1.82) is 10.5 Å². The zero-order valence-electron chi connectivity index (χ0n) is 23.4. The maximum atomic E-state index is 13.7. The number of nitriles is 2. The number of carbonyl (C=O) groups excluding carboxylic acids is 1. The van der Waals surface area contributed by atoms with E-state index in [1.807, 2.05) is 66.4 Å². The number of anilines is 3. The first-order valence-corrected chi connectivity index (χ1v) is 14.1. The van der Waals surface area contributed by atoms with Gasteiger partial charge in [-0.05, 0) is 74.6 Å². The number of hydrogen-bond acceptors (Lipinski definition) is 6. The molecule has 5 rings (SSSR count). The SMILES string of the molecule is Cc1cc(C)c(C(=O)N2CCN(c3ccccc3C#N)CC2)cc1NC1CCCN(c2ccccc2C#N)CC1. The second-order valence-electron chi connectivity index (χ2n) is 10.8. The molecule has 2 aliphatic rings. The van der Waals surface area contributed by atoms with Crippen molar-refractivity contribution in [2.45, 2.75) is 39.2 Å². The molecular weight excluding hydrogens is 496 g/mol. The van der Waals surface area contributed by atoms with Gasteiger partial charge in [0.25, 0.3) is 5.91 Å². The summed E-state index contributed by atoms with van der Waals surface area (Å²) in [6.45, 7) is 8.57. The first kappa shape index (κ1) is 27.1. The normalized spacial score (nSPS) is 17.5. The van der Waals surface area contributed by atoms with Crippen molar-refractivity contribution in [3.05, 3.63) is 88.5 Å². The molecule has 0 saturated carbocycles. The molecule has 1 amide bonds. The zero-order chi connectivity index (χ0) is 28.1. The molecule has 3 aromatic carbocycles. The van der Waals surface area contributed by atoms with Crippen LogP contribution in [0.2, 0.25) is 0 Å². The van der Waals surface area contributed by atoms with Crippen molar-refractivity contribution in [2.75, 3.05) is 54.4 Å². The Labute approximate surface area is 237 Å². The highest BCUT2D eigenvalue weighted by molar-refractivity contribution is 5.97. The monoisotopic (exact) mass is 532 g/mol. The Morgan fingerprint density at radius 3 is 2.00 bits per heavy atom. The molecule has 40 heavy (non-hydrogen) atoms. The van der Waals surface area contributed by atoms with Crippen molar-refractivity contribution >= 4 is 23.0 Å². The Morgan fingerprint density at radius 1 is 0.775 bits per heavy atom. The van der Waals surface area contributed by atoms with Gasteiger partial charge in [0.15, 0.2) is 0 Å². The van der Waals surface area contributed by atoms with Crippen LogP contribution in [-0.4, -0.2) is 56.1 Å². The molecule has 2 heterocycles. The predicted octanol–water partition coefficient (Wildman–Crippen LogP) is 5.48. The highest BCUT2D eigenvalue weighted by Crippen LogP contribution is 2.28. The summed E-state index contributed by atoms with van der Waals surface area (Å²) in [5.74, 6) is 0.0638. The van der Waals surface area contributed by atoms with E-state index in [0.717, 1.165) is 71.7 Å². The molecule has 204 valence electrons. The van der Waals surface area contributed by atoms with Gasteiger partial charge in [-0.3, -0.25) is 4.79 Å². The highest BCUT2D eigenvalue weighted by Gasteiger charge is 2.26. The standard InChI is InChI=1S/C33H36N6O/c1-24-20-25(2)30(36-28-10-7-14-37(15-13-28)31-11-5-3-8-26(31)22-34)21-29(24)33(40)39-18-16-38(17-19-39)32-12-6-4-9-27(32)23-35/h3-6,8-9,11-12,20-21,28,36H,7,10,13-19H2,1-2H3. The van der Waals surface area contributed by atoms with Crippen LogP contribution in [0.15, 0.2) is 60.7 Å². The third kappa shape index (κ3) is 5.75. The molecule has 2 saturated heterocycles. The number of hydrogen-bond donors (Lipinski definition) is 1. The minimum atomic E-state index is 0.0638. The van der Waals surface area contributed by atoms with E-state index in [1.54, 1.807) is 0 Å². The van der Waals surface area contributed by atoms with Gasteiger partial charge in [-0.2, -0.15) is 10.5 Å². The zero-order valence-corrected chi connectivity index (χ0v) is 23.4. The smallest absolute Gasteiger partial charge is 0.254 e. The largest absolute Gasteiger partial charge is 0.382 e. The van der Waals surface area contributed by atoms with Crippen LogP contribution in [0, 0.1) is 36.5 Å². The van der Waals surface area contributed by atoms with Crippen LogP contribution in [0.4, 0.5) is 17.1 Å². The van der Waals surface area contributed by atoms with Crippen molar-refractivity contribution < 1.29 is 4.79 Å². The van der Waals surface area contributed by atoms with Gasteiger partial charge in [0.1, 0.15) is 12.1 Å². The molecule has 7 heteroatoms. The Hall–Kier alpha value is -4.49. The van der Waals surface area contributed by atoms with E-state index in [-0.39, 0.29) is 5.91 Å². The summed E-state index contributed by atoms with van der Waals surface area (Å²) in [5, 5.41) is 22.8. The first-order chi connectivity index (χ1) is 19.5. The molecule has 0 aromatic heterocycles. The second kappa shape index (κ2) is 12.1. The summed E-state index contributed by atoms with van der Waals surface area (Å²) in [6, 6.07) is 24.5. The van der Waals surface area contributed by atoms with Crippen LogP contribution in [0.3, 0.4) is 0 Å². The molecule has 1 atom stereocenters. The minimum Gasteiger partial charge on any atom is -0.382 e. The van der Waals surface area contributed by atoms with Crippen molar-refractivity contribution in [3.63, 3.8) is 0 Å². The number of aryl methyl sites for hydroxylation is 2. The Bertz CT molecular complexity index is 1460. The van der Waals surface area contributed by atoms with E-state index < -0.39 is 0 Å². The van der Waals surface area contributed by atoms with Crippen LogP contribution in [0.5, 0.6) is 0 Å². The summed E-state index contributed by atoms with van der Waals surface area (Å²) in [4.78, 5) is 20.1. The lowest BCUT2D eigenvalue weighted by Gasteiger charge is -2.36. The molecule has 0 bridgehead atoms. The number of nitrogens with zero attached hydrogens (tertiary/aromatic N) is 5. The van der Waals surface area contributed by atoms with Gasteiger partial charge in [0, 0.05) is 56.6 Å². The van der Waals surface area contributed by atoms with E-state index >= 15 is 0 Å². The van der Waals surface area contributed by atoms with E-state index in [2.05, 4.69) is 40.2 Å².